The van der Waals surface area contributed by atoms with Gasteiger partial charge in [0.2, 0.25) is 5.95 Å². The first-order valence-electron chi connectivity index (χ1n) is 6.53. The molecular formula is C15H12N6O. The highest BCUT2D eigenvalue weighted by molar-refractivity contribution is 5.58. The van der Waals surface area contributed by atoms with Gasteiger partial charge < -0.3 is 15.2 Å². The predicted octanol–water partition coefficient (Wildman–Crippen LogP) is 3.13. The maximum absolute atomic E-state index is 8.78. The van der Waals surface area contributed by atoms with Crippen molar-refractivity contribution in [3.63, 3.8) is 0 Å². The van der Waals surface area contributed by atoms with Gasteiger partial charge in [0, 0.05) is 18.0 Å². The molecule has 2 N–H and O–H groups in total. The Morgan fingerprint density at radius 2 is 1.91 bits per heavy atom. The van der Waals surface area contributed by atoms with E-state index < -0.39 is 0 Å². The van der Waals surface area contributed by atoms with E-state index in [1.165, 1.54) is 0 Å². The lowest BCUT2D eigenvalue weighted by Gasteiger charge is -2.06. The highest BCUT2D eigenvalue weighted by Gasteiger charge is 2.04. The van der Waals surface area contributed by atoms with Gasteiger partial charge >= 0.3 is 0 Å². The quantitative estimate of drug-likeness (QED) is 0.761. The van der Waals surface area contributed by atoms with Gasteiger partial charge in [-0.15, -0.1) is 0 Å². The van der Waals surface area contributed by atoms with E-state index in [1.54, 1.807) is 42.6 Å². The molecule has 1 aromatic carbocycles. The average Bonchev–Trinajstić information content (AvgIpc) is 2.93. The van der Waals surface area contributed by atoms with Crippen molar-refractivity contribution in [3.05, 3.63) is 53.9 Å². The molecule has 2 aromatic heterocycles. The minimum absolute atomic E-state index is 0.440. The predicted molar refractivity (Wildman–Crippen MR) is 81.0 cm³/mol. The Kier molecular flexibility index (Phi) is 3.66. The van der Waals surface area contributed by atoms with Gasteiger partial charge in [0.1, 0.15) is 11.6 Å². The van der Waals surface area contributed by atoms with Gasteiger partial charge in [0.15, 0.2) is 5.82 Å². The summed E-state index contributed by atoms with van der Waals surface area (Å²) in [7, 11) is 0. The molecule has 0 aliphatic rings. The first-order valence-corrected chi connectivity index (χ1v) is 6.53. The molecule has 2 heterocycles. The molecule has 0 bridgehead atoms. The monoisotopic (exact) mass is 292 g/mol. The number of nitriles is 1. The van der Waals surface area contributed by atoms with E-state index >= 15 is 0 Å². The zero-order valence-corrected chi connectivity index (χ0v) is 11.7. The summed E-state index contributed by atoms with van der Waals surface area (Å²) in [6.07, 6.45) is 1.63. The molecule has 7 heteroatoms. The third-order valence-corrected chi connectivity index (χ3v) is 2.81. The highest BCUT2D eigenvalue weighted by atomic mass is 16.5. The molecule has 3 rings (SSSR count). The summed E-state index contributed by atoms with van der Waals surface area (Å²) >= 11 is 0. The lowest BCUT2D eigenvalue weighted by atomic mass is 10.2. The van der Waals surface area contributed by atoms with E-state index in [0.29, 0.717) is 28.9 Å². The first-order chi connectivity index (χ1) is 10.7. The van der Waals surface area contributed by atoms with Crippen LogP contribution in [0, 0.1) is 18.3 Å². The number of rotatable bonds is 4. The number of benzene rings is 1. The summed E-state index contributed by atoms with van der Waals surface area (Å²) in [5, 5.41) is 18.7. The number of hydrogen-bond acceptors (Lipinski definition) is 7. The Hall–Kier alpha value is -3.40. The zero-order valence-electron chi connectivity index (χ0n) is 11.7. The Bertz CT molecular complexity index is 819. The normalized spacial score (nSPS) is 10.0. The highest BCUT2D eigenvalue weighted by Crippen LogP contribution is 2.17. The largest absolute Gasteiger partial charge is 0.360 e. The van der Waals surface area contributed by atoms with Gasteiger partial charge in [-0.05, 0) is 37.3 Å². The van der Waals surface area contributed by atoms with Gasteiger partial charge in [-0.3, -0.25) is 0 Å². The molecule has 22 heavy (non-hydrogen) atoms. The lowest BCUT2D eigenvalue weighted by Crippen LogP contribution is -2.00. The van der Waals surface area contributed by atoms with Crippen molar-refractivity contribution in [2.45, 2.75) is 6.92 Å². The third kappa shape index (κ3) is 3.19. The van der Waals surface area contributed by atoms with Gasteiger partial charge in [-0.1, -0.05) is 5.16 Å². The second-order valence-electron chi connectivity index (χ2n) is 4.53. The van der Waals surface area contributed by atoms with Crippen LogP contribution >= 0.6 is 0 Å². The van der Waals surface area contributed by atoms with E-state index in [-0.39, 0.29) is 0 Å². The summed E-state index contributed by atoms with van der Waals surface area (Å²) in [5.41, 5.74) is 1.40. The Balaban J connectivity index is 1.74. The molecule has 0 saturated carbocycles. The van der Waals surface area contributed by atoms with E-state index in [4.69, 9.17) is 9.78 Å². The van der Waals surface area contributed by atoms with Crippen LogP contribution < -0.4 is 10.6 Å². The SMILES string of the molecule is Cc1cc(Nc2ccnc(Nc3ccc(C#N)cc3)n2)no1. The van der Waals surface area contributed by atoms with Crippen LogP contribution in [0.25, 0.3) is 0 Å². The molecule has 0 aliphatic heterocycles. The number of hydrogen-bond donors (Lipinski definition) is 2. The summed E-state index contributed by atoms with van der Waals surface area (Å²) in [6, 6.07) is 12.6. The third-order valence-electron chi connectivity index (χ3n) is 2.81. The van der Waals surface area contributed by atoms with Gasteiger partial charge in [0.05, 0.1) is 11.6 Å². The maximum Gasteiger partial charge on any atom is 0.229 e. The van der Waals surface area contributed by atoms with Gasteiger partial charge in [-0.25, -0.2) is 4.98 Å². The van der Waals surface area contributed by atoms with Crippen LogP contribution in [0.15, 0.2) is 47.1 Å². The van der Waals surface area contributed by atoms with Crippen LogP contribution in [-0.2, 0) is 0 Å². The molecule has 3 aromatic rings. The minimum Gasteiger partial charge on any atom is -0.360 e. The maximum atomic E-state index is 8.78. The fraction of sp³-hybridized carbons (Fsp3) is 0.0667. The molecule has 0 unspecified atom stereocenters. The second-order valence-corrected chi connectivity index (χ2v) is 4.53. The van der Waals surface area contributed by atoms with Crippen LogP contribution in [0.3, 0.4) is 0 Å². The van der Waals surface area contributed by atoms with Crippen molar-refractivity contribution in [1.29, 1.82) is 5.26 Å². The van der Waals surface area contributed by atoms with Crippen LogP contribution in [0.5, 0.6) is 0 Å². The molecule has 0 aliphatic carbocycles. The standard InChI is InChI=1S/C15H12N6O/c1-10-8-14(21-22-10)19-13-6-7-17-15(20-13)18-12-4-2-11(9-16)3-5-12/h2-8H,1H3,(H2,17,18,19,20,21). The Labute approximate surface area is 126 Å². The number of nitrogens with zero attached hydrogens (tertiary/aromatic N) is 4. The average molecular weight is 292 g/mol. The van der Waals surface area contributed by atoms with E-state index in [9.17, 15) is 0 Å². The number of nitrogens with one attached hydrogen (secondary N) is 2. The van der Waals surface area contributed by atoms with Gasteiger partial charge in [0.25, 0.3) is 0 Å². The Morgan fingerprint density at radius 1 is 1.09 bits per heavy atom. The smallest absolute Gasteiger partial charge is 0.229 e. The molecule has 0 fully saturated rings. The summed E-state index contributed by atoms with van der Waals surface area (Å²) in [6.45, 7) is 1.82. The molecule has 0 amide bonds. The van der Waals surface area contributed by atoms with Crippen LogP contribution in [0.2, 0.25) is 0 Å². The minimum atomic E-state index is 0.440. The second kappa shape index (κ2) is 5.93. The molecule has 0 saturated heterocycles. The molecule has 7 nitrogen and oxygen atoms in total. The topological polar surface area (TPSA) is 99.7 Å². The molecule has 0 radical (unpaired) electrons. The Morgan fingerprint density at radius 3 is 2.59 bits per heavy atom. The summed E-state index contributed by atoms with van der Waals surface area (Å²) in [5.74, 6) is 2.34. The van der Waals surface area contributed by atoms with Crippen LogP contribution in [0.1, 0.15) is 11.3 Å². The van der Waals surface area contributed by atoms with Crippen LogP contribution in [-0.4, -0.2) is 15.1 Å². The van der Waals surface area contributed by atoms with Crippen molar-refractivity contribution >= 4 is 23.3 Å². The van der Waals surface area contributed by atoms with Crippen molar-refractivity contribution in [1.82, 2.24) is 15.1 Å². The van der Waals surface area contributed by atoms with Crippen molar-refractivity contribution in [2.75, 3.05) is 10.6 Å². The summed E-state index contributed by atoms with van der Waals surface area (Å²) < 4.78 is 4.99. The van der Waals surface area contributed by atoms with Crippen molar-refractivity contribution in [2.24, 2.45) is 0 Å². The van der Waals surface area contributed by atoms with Crippen molar-refractivity contribution < 1.29 is 4.52 Å². The van der Waals surface area contributed by atoms with E-state index in [2.05, 4.69) is 31.8 Å². The zero-order chi connectivity index (χ0) is 15.4. The number of aromatic nitrogens is 3. The summed E-state index contributed by atoms with van der Waals surface area (Å²) in [4.78, 5) is 8.49. The molecule has 108 valence electrons. The van der Waals surface area contributed by atoms with E-state index in [0.717, 1.165) is 5.69 Å². The molecule has 0 atom stereocenters. The van der Waals surface area contributed by atoms with Crippen molar-refractivity contribution in [3.8, 4) is 6.07 Å². The fourth-order valence-corrected chi connectivity index (χ4v) is 1.80. The first kappa shape index (κ1) is 13.6. The van der Waals surface area contributed by atoms with E-state index in [1.807, 2.05) is 6.92 Å². The van der Waals surface area contributed by atoms with Crippen LogP contribution in [0.4, 0.5) is 23.3 Å². The molecular weight excluding hydrogens is 280 g/mol. The number of aryl methyl sites for hydroxylation is 1. The van der Waals surface area contributed by atoms with Gasteiger partial charge in [-0.2, -0.15) is 10.2 Å². The molecule has 0 spiro atoms. The number of anilines is 4. The fourth-order valence-electron chi connectivity index (χ4n) is 1.80. The lowest BCUT2D eigenvalue weighted by molar-refractivity contribution is 0.400.